The summed E-state index contributed by atoms with van der Waals surface area (Å²) in [5.41, 5.74) is 5.44. The molecule has 0 spiro atoms. The van der Waals surface area contributed by atoms with Gasteiger partial charge in [0.15, 0.2) is 0 Å². The molecular formula is C16H27N3O6. The molecule has 4 atom stereocenters. The minimum absolute atomic E-state index is 0.107. The molecule has 0 aromatic rings. The third-order valence-corrected chi connectivity index (χ3v) is 4.39. The van der Waals surface area contributed by atoms with Crippen LogP contribution in [0, 0.1) is 17.8 Å². The lowest BCUT2D eigenvalue weighted by molar-refractivity contribution is -0.146. The highest BCUT2D eigenvalue weighted by Gasteiger charge is 2.50. The number of hydrogen-bond acceptors (Lipinski definition) is 6. The second kappa shape index (κ2) is 9.85. The van der Waals surface area contributed by atoms with Gasteiger partial charge in [0.1, 0.15) is 0 Å². The van der Waals surface area contributed by atoms with Gasteiger partial charge in [0.25, 0.3) is 0 Å². The van der Waals surface area contributed by atoms with E-state index in [1.807, 2.05) is 6.92 Å². The topological polar surface area (TPSA) is 137 Å². The lowest BCUT2D eigenvalue weighted by Gasteiger charge is -2.26. The van der Waals surface area contributed by atoms with Crippen molar-refractivity contribution in [3.8, 4) is 0 Å². The molecule has 0 bridgehead atoms. The number of primary amides is 1. The van der Waals surface area contributed by atoms with Crippen LogP contribution in [0.5, 0.6) is 0 Å². The van der Waals surface area contributed by atoms with E-state index < -0.39 is 41.8 Å². The maximum Gasteiger partial charge on any atom is 0.407 e. The molecule has 1 saturated carbocycles. The lowest BCUT2D eigenvalue weighted by atomic mass is 9.92. The third kappa shape index (κ3) is 5.91. The lowest BCUT2D eigenvalue weighted by Crippen LogP contribution is -2.49. The van der Waals surface area contributed by atoms with Gasteiger partial charge in [0.05, 0.1) is 25.7 Å². The van der Waals surface area contributed by atoms with Crippen LogP contribution in [0.1, 0.15) is 33.1 Å². The summed E-state index contributed by atoms with van der Waals surface area (Å²) in [6.45, 7) is 3.67. The number of carbonyl (C=O) groups is 4. The van der Waals surface area contributed by atoms with Crippen LogP contribution in [0.2, 0.25) is 0 Å². The van der Waals surface area contributed by atoms with Gasteiger partial charge in [-0.3, -0.25) is 14.4 Å². The van der Waals surface area contributed by atoms with Gasteiger partial charge in [0, 0.05) is 25.3 Å². The van der Waals surface area contributed by atoms with Gasteiger partial charge < -0.3 is 25.8 Å². The standard InChI is InChI=1S/C16H27N3O6/c1-4-5-6-25-16(23)19-13-11(15(22)24-3)7-10(14(17)21)12(13)8-18-9(2)20/h10-13H,4-8H2,1-3H3,(H2,17,21)(H,18,20)(H,19,23)/t10-,11+,12+,13-/m1/s1. The van der Waals surface area contributed by atoms with E-state index in [9.17, 15) is 19.2 Å². The van der Waals surface area contributed by atoms with E-state index in [-0.39, 0.29) is 25.5 Å². The van der Waals surface area contributed by atoms with Crippen molar-refractivity contribution < 1.29 is 28.7 Å². The predicted octanol–water partition coefficient (Wildman–Crippen LogP) is -0.0720. The molecule has 1 fully saturated rings. The largest absolute Gasteiger partial charge is 0.469 e. The number of nitrogens with two attached hydrogens (primary N) is 1. The summed E-state index contributed by atoms with van der Waals surface area (Å²) >= 11 is 0. The number of unbranched alkanes of at least 4 members (excludes halogenated alkanes) is 1. The van der Waals surface area contributed by atoms with Crippen molar-refractivity contribution in [3.63, 3.8) is 0 Å². The monoisotopic (exact) mass is 357 g/mol. The summed E-state index contributed by atoms with van der Waals surface area (Å²) in [5.74, 6) is -3.35. The number of esters is 1. The third-order valence-electron chi connectivity index (χ3n) is 4.39. The van der Waals surface area contributed by atoms with Crippen LogP contribution in [0.3, 0.4) is 0 Å². The zero-order valence-electron chi connectivity index (χ0n) is 14.9. The Bertz CT molecular complexity index is 510. The van der Waals surface area contributed by atoms with Gasteiger partial charge in [-0.2, -0.15) is 0 Å². The number of carbonyl (C=O) groups excluding carboxylic acids is 4. The minimum Gasteiger partial charge on any atom is -0.469 e. The summed E-state index contributed by atoms with van der Waals surface area (Å²) in [6, 6.07) is -0.717. The van der Waals surface area contributed by atoms with Crippen LogP contribution >= 0.6 is 0 Å². The van der Waals surface area contributed by atoms with Crippen molar-refractivity contribution in [2.24, 2.45) is 23.5 Å². The first-order chi connectivity index (χ1) is 11.8. The SMILES string of the molecule is CCCCOC(=O)N[C@H]1[C@@H](CNC(C)=O)[C@H](C(N)=O)C[C@@H]1C(=O)OC. The van der Waals surface area contributed by atoms with Gasteiger partial charge in [-0.1, -0.05) is 13.3 Å². The fourth-order valence-electron chi connectivity index (χ4n) is 3.09. The van der Waals surface area contributed by atoms with Gasteiger partial charge in [-0.15, -0.1) is 0 Å². The minimum atomic E-state index is -0.736. The number of methoxy groups -OCH3 is 1. The highest BCUT2D eigenvalue weighted by Crippen LogP contribution is 2.37. The molecule has 142 valence electrons. The Hall–Kier alpha value is -2.32. The molecule has 4 N–H and O–H groups in total. The van der Waals surface area contributed by atoms with E-state index in [1.165, 1.54) is 14.0 Å². The fourth-order valence-corrected chi connectivity index (χ4v) is 3.09. The molecule has 0 heterocycles. The van der Waals surface area contributed by atoms with Crippen molar-refractivity contribution in [1.29, 1.82) is 0 Å². The highest BCUT2D eigenvalue weighted by molar-refractivity contribution is 5.82. The van der Waals surface area contributed by atoms with Crippen LogP contribution in [0.4, 0.5) is 4.79 Å². The number of ether oxygens (including phenoxy) is 2. The molecule has 0 aromatic heterocycles. The zero-order chi connectivity index (χ0) is 19.0. The van der Waals surface area contributed by atoms with Crippen LogP contribution in [0.15, 0.2) is 0 Å². The van der Waals surface area contributed by atoms with Crippen molar-refractivity contribution in [3.05, 3.63) is 0 Å². The van der Waals surface area contributed by atoms with Crippen LogP contribution in [-0.4, -0.2) is 50.2 Å². The molecular weight excluding hydrogens is 330 g/mol. The summed E-state index contributed by atoms with van der Waals surface area (Å²) in [5, 5.41) is 5.26. The van der Waals surface area contributed by atoms with Crippen molar-refractivity contribution >= 4 is 23.9 Å². The molecule has 1 aliphatic carbocycles. The first-order valence-electron chi connectivity index (χ1n) is 8.36. The Balaban J connectivity index is 2.94. The smallest absolute Gasteiger partial charge is 0.407 e. The van der Waals surface area contributed by atoms with Crippen LogP contribution in [-0.2, 0) is 23.9 Å². The fraction of sp³-hybridized carbons (Fsp3) is 0.750. The Labute approximate surface area is 147 Å². The Morgan fingerprint density at radius 1 is 1.20 bits per heavy atom. The van der Waals surface area contributed by atoms with Crippen molar-refractivity contribution in [1.82, 2.24) is 10.6 Å². The quantitative estimate of drug-likeness (QED) is 0.411. The van der Waals surface area contributed by atoms with Crippen LogP contribution in [0.25, 0.3) is 0 Å². The Morgan fingerprint density at radius 2 is 1.88 bits per heavy atom. The second-order valence-corrected chi connectivity index (χ2v) is 6.13. The molecule has 3 amide bonds. The predicted molar refractivity (Wildman–Crippen MR) is 88.2 cm³/mol. The van der Waals surface area contributed by atoms with E-state index in [1.54, 1.807) is 0 Å². The van der Waals surface area contributed by atoms with Gasteiger partial charge in [-0.25, -0.2) is 4.79 Å². The summed E-state index contributed by atoms with van der Waals surface area (Å²) in [6.07, 6.45) is 1.06. The second-order valence-electron chi connectivity index (χ2n) is 6.13. The Kier molecular flexibility index (Phi) is 8.17. The summed E-state index contributed by atoms with van der Waals surface area (Å²) in [4.78, 5) is 47.1. The molecule has 0 saturated heterocycles. The van der Waals surface area contributed by atoms with E-state index in [0.717, 1.165) is 12.8 Å². The van der Waals surface area contributed by atoms with Crippen molar-refractivity contribution in [2.75, 3.05) is 20.3 Å². The maximum atomic E-state index is 12.1. The Morgan fingerprint density at radius 3 is 2.40 bits per heavy atom. The normalized spacial score (nSPS) is 25.1. The average Bonchev–Trinajstić information content (AvgIpc) is 2.91. The molecule has 0 aliphatic heterocycles. The molecule has 1 rings (SSSR count). The molecule has 0 unspecified atom stereocenters. The number of amides is 3. The highest BCUT2D eigenvalue weighted by atomic mass is 16.5. The zero-order valence-corrected chi connectivity index (χ0v) is 14.9. The van der Waals surface area contributed by atoms with Gasteiger partial charge in [0.2, 0.25) is 11.8 Å². The van der Waals surface area contributed by atoms with Gasteiger partial charge >= 0.3 is 12.1 Å². The van der Waals surface area contributed by atoms with E-state index in [0.29, 0.717) is 0 Å². The first kappa shape index (κ1) is 20.7. The van der Waals surface area contributed by atoms with E-state index in [4.69, 9.17) is 15.2 Å². The maximum absolute atomic E-state index is 12.1. The van der Waals surface area contributed by atoms with Crippen molar-refractivity contribution in [2.45, 2.75) is 39.2 Å². The molecule has 0 radical (unpaired) electrons. The molecule has 1 aliphatic rings. The molecule has 9 nitrogen and oxygen atoms in total. The number of rotatable bonds is 8. The van der Waals surface area contributed by atoms with Crippen LogP contribution < -0.4 is 16.4 Å². The first-order valence-corrected chi connectivity index (χ1v) is 8.36. The van der Waals surface area contributed by atoms with E-state index >= 15 is 0 Å². The number of nitrogens with one attached hydrogen (secondary N) is 2. The average molecular weight is 357 g/mol. The molecule has 25 heavy (non-hydrogen) atoms. The molecule has 9 heteroatoms. The number of hydrogen-bond donors (Lipinski definition) is 3. The summed E-state index contributed by atoms with van der Waals surface area (Å²) in [7, 11) is 1.24. The van der Waals surface area contributed by atoms with E-state index in [2.05, 4.69) is 10.6 Å². The van der Waals surface area contributed by atoms with Gasteiger partial charge in [-0.05, 0) is 12.8 Å². The molecule has 0 aromatic carbocycles. The summed E-state index contributed by atoms with van der Waals surface area (Å²) < 4.78 is 9.85. The number of alkyl carbamates (subject to hydrolysis) is 1.